The zero-order chi connectivity index (χ0) is 9.31. The van der Waals surface area contributed by atoms with Crippen LogP contribution in [0.1, 0.15) is 46.0 Å². The molecule has 1 heteroatoms. The number of nitrogens with one attached hydrogen (secondary N) is 1. The summed E-state index contributed by atoms with van der Waals surface area (Å²) in [6.45, 7) is 7.47. The average molecular weight is 181 g/mol. The molecule has 1 aliphatic heterocycles. The summed E-state index contributed by atoms with van der Waals surface area (Å²) in [5.41, 5.74) is 0.677. The second-order valence-electron chi connectivity index (χ2n) is 5.30. The van der Waals surface area contributed by atoms with Gasteiger partial charge in [0.2, 0.25) is 0 Å². The number of hydrogen-bond donors (Lipinski definition) is 1. The highest BCUT2D eigenvalue weighted by Crippen LogP contribution is 2.47. The Morgan fingerprint density at radius 1 is 1.15 bits per heavy atom. The maximum absolute atomic E-state index is 3.60. The Labute approximate surface area is 82.3 Å². The Hall–Kier alpha value is -0.0400. The molecule has 1 saturated heterocycles. The van der Waals surface area contributed by atoms with Crippen molar-refractivity contribution in [3.63, 3.8) is 0 Å². The van der Waals surface area contributed by atoms with E-state index in [1.165, 1.54) is 45.2 Å². The van der Waals surface area contributed by atoms with Crippen LogP contribution in [0, 0.1) is 17.3 Å². The molecule has 1 aliphatic carbocycles. The largest absolute Gasteiger partial charge is 0.316 e. The summed E-state index contributed by atoms with van der Waals surface area (Å²) in [4.78, 5) is 0. The van der Waals surface area contributed by atoms with Gasteiger partial charge in [0.05, 0.1) is 0 Å². The highest BCUT2D eigenvalue weighted by atomic mass is 14.9. The van der Waals surface area contributed by atoms with Crippen LogP contribution in [0.5, 0.6) is 0 Å². The van der Waals surface area contributed by atoms with Crippen LogP contribution in [0.4, 0.5) is 0 Å². The number of hydrogen-bond acceptors (Lipinski definition) is 1. The molecule has 1 N–H and O–H groups in total. The van der Waals surface area contributed by atoms with Crippen LogP contribution in [0.15, 0.2) is 0 Å². The zero-order valence-corrected chi connectivity index (χ0v) is 9.10. The first kappa shape index (κ1) is 9.51. The molecular weight excluding hydrogens is 158 g/mol. The van der Waals surface area contributed by atoms with Gasteiger partial charge in [-0.2, -0.15) is 0 Å². The minimum atomic E-state index is 0.677. The minimum absolute atomic E-state index is 0.677. The van der Waals surface area contributed by atoms with Crippen molar-refractivity contribution >= 4 is 0 Å². The normalized spacial score (nSPS) is 46.6. The lowest BCUT2D eigenvalue weighted by Crippen LogP contribution is -2.47. The lowest BCUT2D eigenvalue weighted by atomic mass is 9.60. The van der Waals surface area contributed by atoms with Gasteiger partial charge in [-0.1, -0.05) is 26.7 Å². The molecule has 2 aliphatic rings. The Kier molecular flexibility index (Phi) is 2.64. The molecule has 1 saturated carbocycles. The molecule has 0 aromatic carbocycles. The second-order valence-corrected chi connectivity index (χ2v) is 5.30. The van der Waals surface area contributed by atoms with E-state index >= 15 is 0 Å². The van der Waals surface area contributed by atoms with Crippen LogP contribution in [-0.2, 0) is 0 Å². The first-order chi connectivity index (χ1) is 6.25. The Morgan fingerprint density at radius 2 is 1.92 bits per heavy atom. The summed E-state index contributed by atoms with van der Waals surface area (Å²) in [7, 11) is 0. The first-order valence-electron chi connectivity index (χ1n) is 5.95. The third-order valence-electron chi connectivity index (χ3n) is 4.66. The Bertz CT molecular complexity index is 164. The summed E-state index contributed by atoms with van der Waals surface area (Å²) < 4.78 is 0. The van der Waals surface area contributed by atoms with Crippen molar-refractivity contribution in [3.05, 3.63) is 0 Å². The summed E-state index contributed by atoms with van der Waals surface area (Å²) in [6, 6.07) is 0. The summed E-state index contributed by atoms with van der Waals surface area (Å²) in [6.07, 6.45) is 7.28. The van der Waals surface area contributed by atoms with Crippen molar-refractivity contribution in [1.29, 1.82) is 0 Å². The predicted molar refractivity (Wildman–Crippen MR) is 56.7 cm³/mol. The Balaban J connectivity index is 2.09. The molecule has 1 spiro atoms. The minimum Gasteiger partial charge on any atom is -0.316 e. The SMILES string of the molecule is CC1CCCC2(CCCNC2)C1C. The van der Waals surface area contributed by atoms with Crippen molar-refractivity contribution in [2.75, 3.05) is 13.1 Å². The number of rotatable bonds is 0. The molecule has 0 bridgehead atoms. The highest BCUT2D eigenvalue weighted by molar-refractivity contribution is 4.94. The quantitative estimate of drug-likeness (QED) is 0.606. The van der Waals surface area contributed by atoms with Gasteiger partial charge in [0.25, 0.3) is 0 Å². The van der Waals surface area contributed by atoms with Crippen molar-refractivity contribution < 1.29 is 0 Å². The van der Waals surface area contributed by atoms with Gasteiger partial charge in [-0.3, -0.25) is 0 Å². The van der Waals surface area contributed by atoms with Gasteiger partial charge < -0.3 is 5.32 Å². The van der Waals surface area contributed by atoms with Crippen LogP contribution in [0.25, 0.3) is 0 Å². The van der Waals surface area contributed by atoms with Gasteiger partial charge in [-0.15, -0.1) is 0 Å². The molecule has 1 heterocycles. The highest BCUT2D eigenvalue weighted by Gasteiger charge is 2.41. The fraction of sp³-hybridized carbons (Fsp3) is 1.00. The summed E-state index contributed by atoms with van der Waals surface area (Å²) in [5, 5.41) is 3.60. The van der Waals surface area contributed by atoms with Crippen LogP contribution in [0.3, 0.4) is 0 Å². The molecule has 0 radical (unpaired) electrons. The molecule has 0 aromatic rings. The van der Waals surface area contributed by atoms with Crippen LogP contribution in [0.2, 0.25) is 0 Å². The van der Waals surface area contributed by atoms with Gasteiger partial charge in [-0.05, 0) is 43.1 Å². The van der Waals surface area contributed by atoms with Gasteiger partial charge in [-0.25, -0.2) is 0 Å². The van der Waals surface area contributed by atoms with E-state index in [-0.39, 0.29) is 0 Å². The monoisotopic (exact) mass is 181 g/mol. The predicted octanol–water partition coefficient (Wildman–Crippen LogP) is 2.81. The maximum atomic E-state index is 3.60. The van der Waals surface area contributed by atoms with Gasteiger partial charge in [0.15, 0.2) is 0 Å². The summed E-state index contributed by atoms with van der Waals surface area (Å²) in [5.74, 6) is 1.89. The molecule has 3 unspecified atom stereocenters. The zero-order valence-electron chi connectivity index (χ0n) is 9.10. The van der Waals surface area contributed by atoms with E-state index in [1.807, 2.05) is 0 Å². The van der Waals surface area contributed by atoms with Crippen LogP contribution in [-0.4, -0.2) is 13.1 Å². The van der Waals surface area contributed by atoms with E-state index in [2.05, 4.69) is 19.2 Å². The van der Waals surface area contributed by atoms with Crippen molar-refractivity contribution in [2.24, 2.45) is 17.3 Å². The van der Waals surface area contributed by atoms with Gasteiger partial charge >= 0.3 is 0 Å². The molecule has 2 fully saturated rings. The Morgan fingerprint density at radius 3 is 2.62 bits per heavy atom. The lowest BCUT2D eigenvalue weighted by Gasteiger charge is -2.48. The van der Waals surface area contributed by atoms with E-state index in [1.54, 1.807) is 0 Å². The van der Waals surface area contributed by atoms with E-state index in [9.17, 15) is 0 Å². The first-order valence-corrected chi connectivity index (χ1v) is 5.95. The number of piperidine rings is 1. The van der Waals surface area contributed by atoms with Crippen LogP contribution >= 0.6 is 0 Å². The average Bonchev–Trinajstić information content (AvgIpc) is 2.16. The third kappa shape index (κ3) is 1.63. The molecule has 76 valence electrons. The van der Waals surface area contributed by atoms with E-state index in [0.717, 1.165) is 11.8 Å². The van der Waals surface area contributed by atoms with E-state index in [4.69, 9.17) is 0 Å². The van der Waals surface area contributed by atoms with Crippen LogP contribution < -0.4 is 5.32 Å². The fourth-order valence-electron chi connectivity index (χ4n) is 3.45. The topological polar surface area (TPSA) is 12.0 Å². The molecule has 0 amide bonds. The standard InChI is InChI=1S/C12H23N/c1-10-5-3-6-12(11(10)2)7-4-8-13-9-12/h10-11,13H,3-9H2,1-2H3. The molecule has 2 rings (SSSR count). The second kappa shape index (κ2) is 3.61. The molecule has 3 atom stereocenters. The van der Waals surface area contributed by atoms with Gasteiger partial charge in [0, 0.05) is 6.54 Å². The van der Waals surface area contributed by atoms with E-state index < -0.39 is 0 Å². The lowest BCUT2D eigenvalue weighted by molar-refractivity contribution is 0.0362. The van der Waals surface area contributed by atoms with Crippen molar-refractivity contribution in [1.82, 2.24) is 5.32 Å². The van der Waals surface area contributed by atoms with Crippen molar-refractivity contribution in [2.45, 2.75) is 46.0 Å². The third-order valence-corrected chi connectivity index (χ3v) is 4.66. The fourth-order valence-corrected chi connectivity index (χ4v) is 3.45. The molecule has 13 heavy (non-hydrogen) atoms. The maximum Gasteiger partial charge on any atom is 0.00105 e. The van der Waals surface area contributed by atoms with Gasteiger partial charge in [0.1, 0.15) is 0 Å². The molecule has 0 aromatic heterocycles. The molecule has 1 nitrogen and oxygen atoms in total. The van der Waals surface area contributed by atoms with Crippen molar-refractivity contribution in [3.8, 4) is 0 Å². The summed E-state index contributed by atoms with van der Waals surface area (Å²) >= 11 is 0. The smallest absolute Gasteiger partial charge is 0.00105 e. The van der Waals surface area contributed by atoms with E-state index in [0.29, 0.717) is 5.41 Å². The molecular formula is C12H23N.